The molecule has 0 atom stereocenters. The number of thiocarbonyl (C=S) groups is 1. The summed E-state index contributed by atoms with van der Waals surface area (Å²) in [5.41, 5.74) is 1.88. The minimum atomic E-state index is -0.395. The second-order valence-corrected chi connectivity index (χ2v) is 5.84. The molecular formula is C10H6BrClN4OS2. The van der Waals surface area contributed by atoms with Crippen LogP contribution >= 0.6 is 51.1 Å². The lowest BCUT2D eigenvalue weighted by Crippen LogP contribution is -2.34. The molecule has 2 aromatic rings. The van der Waals surface area contributed by atoms with Gasteiger partial charge in [0.05, 0.1) is 10.6 Å². The number of anilines is 1. The van der Waals surface area contributed by atoms with Gasteiger partial charge in [-0.25, -0.2) is 0 Å². The number of nitrogens with zero attached hydrogens (tertiary/aromatic N) is 2. The number of carbonyl (C=O) groups is 1. The van der Waals surface area contributed by atoms with Crippen LogP contribution in [0.5, 0.6) is 0 Å². The van der Waals surface area contributed by atoms with Crippen molar-refractivity contribution in [3.05, 3.63) is 38.8 Å². The zero-order valence-electron chi connectivity index (χ0n) is 9.18. The lowest BCUT2D eigenvalue weighted by molar-refractivity contribution is 0.0978. The molecule has 0 aliphatic rings. The van der Waals surface area contributed by atoms with Crippen molar-refractivity contribution in [2.45, 2.75) is 0 Å². The van der Waals surface area contributed by atoms with Crippen LogP contribution in [0.2, 0.25) is 5.02 Å². The molecule has 0 bridgehead atoms. The standard InChI is InChI=1S/C10H6BrClN4OS2/c11-5-1-2-7(12)6(3-5)8(17)14-9(18)15-10-16-13-4-19-10/h1-4H,(H2,14,15,16,17,18). The van der Waals surface area contributed by atoms with Crippen molar-refractivity contribution in [3.63, 3.8) is 0 Å². The number of hydrogen-bond donors (Lipinski definition) is 2. The molecule has 0 saturated heterocycles. The molecule has 2 rings (SSSR count). The van der Waals surface area contributed by atoms with Crippen molar-refractivity contribution >= 4 is 67.2 Å². The van der Waals surface area contributed by atoms with E-state index in [2.05, 4.69) is 36.8 Å². The molecule has 0 fully saturated rings. The third-order valence-electron chi connectivity index (χ3n) is 1.98. The highest BCUT2D eigenvalue weighted by Crippen LogP contribution is 2.20. The van der Waals surface area contributed by atoms with Gasteiger partial charge in [-0.1, -0.05) is 38.9 Å². The van der Waals surface area contributed by atoms with Gasteiger partial charge in [-0.15, -0.1) is 10.2 Å². The molecule has 98 valence electrons. The fourth-order valence-corrected chi connectivity index (χ4v) is 2.47. The summed E-state index contributed by atoms with van der Waals surface area (Å²) in [7, 11) is 0. The Kier molecular flexibility index (Phi) is 4.81. The molecule has 0 unspecified atom stereocenters. The molecule has 1 amide bonds. The average molecular weight is 378 g/mol. The van der Waals surface area contributed by atoms with Crippen molar-refractivity contribution in [1.29, 1.82) is 0 Å². The summed E-state index contributed by atoms with van der Waals surface area (Å²) in [6.45, 7) is 0. The highest BCUT2D eigenvalue weighted by atomic mass is 79.9. The van der Waals surface area contributed by atoms with Crippen LogP contribution in [-0.2, 0) is 0 Å². The monoisotopic (exact) mass is 376 g/mol. The minimum Gasteiger partial charge on any atom is -0.307 e. The highest BCUT2D eigenvalue weighted by molar-refractivity contribution is 9.10. The molecule has 19 heavy (non-hydrogen) atoms. The van der Waals surface area contributed by atoms with E-state index in [4.69, 9.17) is 23.8 Å². The van der Waals surface area contributed by atoms with Crippen molar-refractivity contribution in [3.8, 4) is 0 Å². The smallest absolute Gasteiger partial charge is 0.258 e. The van der Waals surface area contributed by atoms with E-state index < -0.39 is 5.91 Å². The molecule has 2 N–H and O–H groups in total. The van der Waals surface area contributed by atoms with Crippen LogP contribution in [0.15, 0.2) is 28.2 Å². The fraction of sp³-hybridized carbons (Fsp3) is 0. The largest absolute Gasteiger partial charge is 0.307 e. The van der Waals surface area contributed by atoms with E-state index in [0.29, 0.717) is 15.7 Å². The first-order chi connectivity index (χ1) is 9.06. The topological polar surface area (TPSA) is 66.9 Å². The summed E-state index contributed by atoms with van der Waals surface area (Å²) in [6.07, 6.45) is 0. The number of halogens is 2. The SMILES string of the molecule is O=C(NC(=S)Nc1nncs1)c1cc(Br)ccc1Cl. The van der Waals surface area contributed by atoms with Crippen molar-refractivity contribution in [1.82, 2.24) is 15.5 Å². The van der Waals surface area contributed by atoms with E-state index in [0.717, 1.165) is 4.47 Å². The first kappa shape index (κ1) is 14.3. The molecule has 9 heteroatoms. The molecule has 0 aliphatic heterocycles. The number of nitrogens with one attached hydrogen (secondary N) is 2. The van der Waals surface area contributed by atoms with Gasteiger partial charge in [-0.05, 0) is 30.4 Å². The molecule has 0 spiro atoms. The lowest BCUT2D eigenvalue weighted by atomic mass is 10.2. The minimum absolute atomic E-state index is 0.137. The molecule has 5 nitrogen and oxygen atoms in total. The van der Waals surface area contributed by atoms with Gasteiger partial charge >= 0.3 is 0 Å². The van der Waals surface area contributed by atoms with Crippen LogP contribution in [0.3, 0.4) is 0 Å². The summed E-state index contributed by atoms with van der Waals surface area (Å²) in [5.74, 6) is -0.395. The number of amides is 1. The Labute approximate surface area is 131 Å². The zero-order chi connectivity index (χ0) is 13.8. The summed E-state index contributed by atoms with van der Waals surface area (Å²) in [6, 6.07) is 4.99. The molecule has 1 aromatic heterocycles. The normalized spacial score (nSPS) is 10.0. The number of aromatic nitrogens is 2. The van der Waals surface area contributed by atoms with Gasteiger partial charge in [0.1, 0.15) is 5.51 Å². The maximum absolute atomic E-state index is 12.0. The lowest BCUT2D eigenvalue weighted by Gasteiger charge is -2.08. The highest BCUT2D eigenvalue weighted by Gasteiger charge is 2.12. The number of carbonyl (C=O) groups excluding carboxylic acids is 1. The molecule has 1 aromatic carbocycles. The second kappa shape index (κ2) is 6.38. The van der Waals surface area contributed by atoms with E-state index in [-0.39, 0.29) is 5.11 Å². The fourth-order valence-electron chi connectivity index (χ4n) is 1.20. The van der Waals surface area contributed by atoms with E-state index >= 15 is 0 Å². The number of rotatable bonds is 2. The Hall–Kier alpha value is -1.09. The van der Waals surface area contributed by atoms with Crippen molar-refractivity contribution in [2.75, 3.05) is 5.32 Å². The Morgan fingerprint density at radius 3 is 2.95 bits per heavy atom. The maximum atomic E-state index is 12.0. The summed E-state index contributed by atoms with van der Waals surface area (Å²) in [5, 5.41) is 13.7. The summed E-state index contributed by atoms with van der Waals surface area (Å²) in [4.78, 5) is 12.0. The first-order valence-electron chi connectivity index (χ1n) is 4.90. The van der Waals surface area contributed by atoms with Crippen LogP contribution in [0.25, 0.3) is 0 Å². The predicted octanol–water partition coefficient (Wildman–Crippen LogP) is 3.08. The zero-order valence-corrected chi connectivity index (χ0v) is 13.2. The van der Waals surface area contributed by atoms with Gasteiger partial charge in [-0.2, -0.15) is 0 Å². The average Bonchev–Trinajstić information content (AvgIpc) is 2.84. The van der Waals surface area contributed by atoms with Gasteiger partial charge in [-0.3, -0.25) is 10.1 Å². The van der Waals surface area contributed by atoms with Crippen molar-refractivity contribution < 1.29 is 4.79 Å². The third kappa shape index (κ3) is 3.93. The third-order valence-corrected chi connectivity index (χ3v) is 3.61. The predicted molar refractivity (Wildman–Crippen MR) is 82.7 cm³/mol. The van der Waals surface area contributed by atoms with E-state index in [1.807, 2.05) is 0 Å². The Morgan fingerprint density at radius 1 is 1.47 bits per heavy atom. The molecular weight excluding hydrogens is 372 g/mol. The maximum Gasteiger partial charge on any atom is 0.258 e. The Morgan fingerprint density at radius 2 is 2.26 bits per heavy atom. The summed E-state index contributed by atoms with van der Waals surface area (Å²) < 4.78 is 0.755. The molecule has 0 aliphatic carbocycles. The quantitative estimate of drug-likeness (QED) is 0.787. The molecule has 0 saturated carbocycles. The van der Waals surface area contributed by atoms with Gasteiger partial charge in [0.15, 0.2) is 5.11 Å². The first-order valence-corrected chi connectivity index (χ1v) is 7.35. The van der Waals surface area contributed by atoms with Gasteiger partial charge in [0, 0.05) is 4.47 Å². The van der Waals surface area contributed by atoms with E-state index in [1.165, 1.54) is 11.3 Å². The van der Waals surface area contributed by atoms with Crippen LogP contribution in [-0.4, -0.2) is 21.2 Å². The van der Waals surface area contributed by atoms with Gasteiger partial charge < -0.3 is 5.32 Å². The number of benzene rings is 1. The molecule has 1 heterocycles. The van der Waals surface area contributed by atoms with Crippen LogP contribution in [0.4, 0.5) is 5.13 Å². The van der Waals surface area contributed by atoms with Gasteiger partial charge in [0.25, 0.3) is 5.91 Å². The number of hydrogen-bond acceptors (Lipinski definition) is 5. The van der Waals surface area contributed by atoms with Crippen LogP contribution in [0, 0.1) is 0 Å². The Balaban J connectivity index is 2.04. The van der Waals surface area contributed by atoms with Gasteiger partial charge in [0.2, 0.25) is 5.13 Å². The van der Waals surface area contributed by atoms with Crippen LogP contribution in [0.1, 0.15) is 10.4 Å². The van der Waals surface area contributed by atoms with Crippen LogP contribution < -0.4 is 10.6 Å². The summed E-state index contributed by atoms with van der Waals surface area (Å²) >= 11 is 15.5. The second-order valence-electron chi connectivity index (χ2n) is 3.28. The van der Waals surface area contributed by atoms with E-state index in [9.17, 15) is 4.79 Å². The van der Waals surface area contributed by atoms with E-state index in [1.54, 1.807) is 23.7 Å². The molecule has 0 radical (unpaired) electrons. The van der Waals surface area contributed by atoms with Crippen molar-refractivity contribution in [2.24, 2.45) is 0 Å². The Bertz CT molecular complexity index is 620.